The van der Waals surface area contributed by atoms with Gasteiger partial charge in [0.1, 0.15) is 5.82 Å². The maximum absolute atomic E-state index is 12.9. The van der Waals surface area contributed by atoms with Gasteiger partial charge in [-0.15, -0.1) is 10.2 Å². The van der Waals surface area contributed by atoms with E-state index in [-0.39, 0.29) is 11.6 Å². The molecule has 19 heavy (non-hydrogen) atoms. The molecule has 1 heterocycles. The van der Waals surface area contributed by atoms with Gasteiger partial charge in [0.25, 0.3) is 0 Å². The lowest BCUT2D eigenvalue weighted by atomic mass is 10.3. The van der Waals surface area contributed by atoms with Gasteiger partial charge in [-0.1, -0.05) is 23.1 Å². The monoisotopic (exact) mass is 363 g/mol. The predicted molar refractivity (Wildman–Crippen MR) is 75.7 cm³/mol. The highest BCUT2D eigenvalue weighted by atomic mass is 79.9. The smallest absolute Gasteiger partial charge is 0.313 e. The first kappa shape index (κ1) is 14.2. The van der Waals surface area contributed by atoms with Gasteiger partial charge >= 0.3 is 5.97 Å². The van der Waals surface area contributed by atoms with Gasteiger partial charge in [0, 0.05) is 4.47 Å². The van der Waals surface area contributed by atoms with Crippen molar-refractivity contribution in [3.05, 3.63) is 28.5 Å². The lowest BCUT2D eigenvalue weighted by Crippen LogP contribution is -1.96. The minimum atomic E-state index is -0.906. The van der Waals surface area contributed by atoms with Crippen LogP contribution in [0, 0.1) is 5.82 Å². The number of aromatic nitrogens is 2. The van der Waals surface area contributed by atoms with E-state index in [1.807, 2.05) is 0 Å². The lowest BCUT2D eigenvalue weighted by molar-refractivity contribution is -0.133. The van der Waals surface area contributed by atoms with Crippen LogP contribution in [0.25, 0.3) is 0 Å². The van der Waals surface area contributed by atoms with Gasteiger partial charge in [-0.3, -0.25) is 4.79 Å². The largest absolute Gasteiger partial charge is 0.481 e. The van der Waals surface area contributed by atoms with Crippen molar-refractivity contribution in [2.45, 2.75) is 4.34 Å². The van der Waals surface area contributed by atoms with Crippen molar-refractivity contribution < 1.29 is 14.3 Å². The second-order valence-electron chi connectivity index (χ2n) is 3.30. The highest BCUT2D eigenvalue weighted by molar-refractivity contribution is 9.10. The Kier molecular flexibility index (Phi) is 4.72. The van der Waals surface area contributed by atoms with E-state index in [1.54, 1.807) is 6.07 Å². The molecule has 0 radical (unpaired) electrons. The topological polar surface area (TPSA) is 75.1 Å². The molecule has 1 aromatic carbocycles. The third-order valence-electron chi connectivity index (χ3n) is 1.90. The minimum absolute atomic E-state index is 0.0606. The zero-order valence-electron chi connectivity index (χ0n) is 9.26. The molecule has 2 aromatic rings. The van der Waals surface area contributed by atoms with Crippen LogP contribution >= 0.6 is 39.0 Å². The van der Waals surface area contributed by atoms with E-state index in [4.69, 9.17) is 5.11 Å². The van der Waals surface area contributed by atoms with Crippen molar-refractivity contribution in [3.8, 4) is 0 Å². The number of nitrogens with zero attached hydrogens (tertiary/aromatic N) is 2. The number of hydrogen-bond acceptors (Lipinski definition) is 6. The SMILES string of the molecule is O=C(O)CSc1nnc(Nc2ccc(F)cc2Br)s1. The molecule has 5 nitrogen and oxygen atoms in total. The fourth-order valence-electron chi connectivity index (χ4n) is 1.15. The molecule has 0 saturated carbocycles. The molecule has 0 spiro atoms. The summed E-state index contributed by atoms with van der Waals surface area (Å²) in [5.41, 5.74) is 0.660. The number of anilines is 2. The van der Waals surface area contributed by atoms with Crippen molar-refractivity contribution >= 4 is 55.8 Å². The quantitative estimate of drug-likeness (QED) is 0.793. The Balaban J connectivity index is 2.05. The molecule has 0 amide bonds. The summed E-state index contributed by atoms with van der Waals surface area (Å²) in [6, 6.07) is 4.24. The van der Waals surface area contributed by atoms with Crippen molar-refractivity contribution in [2.24, 2.45) is 0 Å². The van der Waals surface area contributed by atoms with Gasteiger partial charge in [-0.2, -0.15) is 0 Å². The summed E-state index contributed by atoms with van der Waals surface area (Å²) in [4.78, 5) is 10.4. The van der Waals surface area contributed by atoms with Crippen LogP contribution in [0.4, 0.5) is 15.2 Å². The predicted octanol–water partition coefficient (Wildman–Crippen LogP) is 3.36. The van der Waals surface area contributed by atoms with E-state index in [1.165, 1.54) is 23.5 Å². The van der Waals surface area contributed by atoms with Gasteiger partial charge in [-0.25, -0.2) is 4.39 Å². The van der Waals surface area contributed by atoms with Gasteiger partial charge < -0.3 is 10.4 Å². The molecular formula is C10H7BrFN3O2S2. The zero-order chi connectivity index (χ0) is 13.8. The molecule has 0 atom stereocenters. The Morgan fingerprint density at radius 1 is 1.53 bits per heavy atom. The van der Waals surface area contributed by atoms with E-state index in [0.29, 0.717) is 19.6 Å². The number of hydrogen-bond donors (Lipinski definition) is 2. The van der Waals surface area contributed by atoms with Crippen LogP contribution in [0.2, 0.25) is 0 Å². The number of carboxylic acid groups (broad SMARTS) is 1. The van der Waals surface area contributed by atoms with Crippen LogP contribution in [0.5, 0.6) is 0 Å². The molecule has 0 bridgehead atoms. The van der Waals surface area contributed by atoms with Gasteiger partial charge in [0.2, 0.25) is 5.13 Å². The molecule has 0 aliphatic rings. The summed E-state index contributed by atoms with van der Waals surface area (Å²) in [6.07, 6.45) is 0. The van der Waals surface area contributed by atoms with E-state index < -0.39 is 5.97 Å². The minimum Gasteiger partial charge on any atom is -0.481 e. The van der Waals surface area contributed by atoms with Crippen LogP contribution in [-0.2, 0) is 4.79 Å². The number of nitrogens with one attached hydrogen (secondary N) is 1. The summed E-state index contributed by atoms with van der Waals surface area (Å²) < 4.78 is 14.1. The van der Waals surface area contributed by atoms with Crippen molar-refractivity contribution in [1.29, 1.82) is 0 Å². The van der Waals surface area contributed by atoms with Gasteiger partial charge in [0.15, 0.2) is 4.34 Å². The van der Waals surface area contributed by atoms with Crippen molar-refractivity contribution in [3.63, 3.8) is 0 Å². The Morgan fingerprint density at radius 3 is 3.00 bits per heavy atom. The van der Waals surface area contributed by atoms with Crippen molar-refractivity contribution in [1.82, 2.24) is 10.2 Å². The third kappa shape index (κ3) is 4.15. The average Bonchev–Trinajstić information content (AvgIpc) is 2.78. The first-order valence-electron chi connectivity index (χ1n) is 4.95. The average molecular weight is 364 g/mol. The number of benzene rings is 1. The number of carboxylic acids is 1. The number of carbonyl (C=O) groups is 1. The molecule has 100 valence electrons. The normalized spacial score (nSPS) is 10.4. The second kappa shape index (κ2) is 6.31. The second-order valence-corrected chi connectivity index (χ2v) is 6.36. The van der Waals surface area contributed by atoms with Crippen LogP contribution in [-0.4, -0.2) is 27.0 Å². The zero-order valence-corrected chi connectivity index (χ0v) is 12.5. The summed E-state index contributed by atoms with van der Waals surface area (Å²) in [5.74, 6) is -1.31. The summed E-state index contributed by atoms with van der Waals surface area (Å²) >= 11 is 5.57. The van der Waals surface area contributed by atoms with E-state index in [2.05, 4.69) is 31.4 Å². The molecule has 9 heteroatoms. The summed E-state index contributed by atoms with van der Waals surface area (Å²) in [6.45, 7) is 0. The Labute approximate surface area is 124 Å². The first-order valence-corrected chi connectivity index (χ1v) is 7.54. The number of aliphatic carboxylic acids is 1. The van der Waals surface area contributed by atoms with Gasteiger partial charge in [0.05, 0.1) is 11.4 Å². The Morgan fingerprint density at radius 2 is 2.32 bits per heavy atom. The van der Waals surface area contributed by atoms with Crippen LogP contribution in [0.1, 0.15) is 0 Å². The van der Waals surface area contributed by atoms with Crippen LogP contribution in [0.3, 0.4) is 0 Å². The van der Waals surface area contributed by atoms with Crippen LogP contribution in [0.15, 0.2) is 27.0 Å². The molecule has 0 fully saturated rings. The number of thioether (sulfide) groups is 1. The summed E-state index contributed by atoms with van der Waals surface area (Å²) in [5, 5.41) is 19.8. The maximum atomic E-state index is 12.9. The van der Waals surface area contributed by atoms with E-state index in [9.17, 15) is 9.18 Å². The fourth-order valence-corrected chi connectivity index (χ4v) is 3.08. The first-order chi connectivity index (χ1) is 9.04. The molecule has 0 unspecified atom stereocenters. The standard InChI is InChI=1S/C10H7BrFN3O2S2/c11-6-3-5(12)1-2-7(6)13-9-14-15-10(19-9)18-4-8(16)17/h1-3H,4H2,(H,13,14)(H,16,17). The fraction of sp³-hybridized carbons (Fsp3) is 0.100. The van der Waals surface area contributed by atoms with E-state index in [0.717, 1.165) is 11.8 Å². The molecule has 2 rings (SSSR count). The maximum Gasteiger partial charge on any atom is 0.313 e. The summed E-state index contributed by atoms with van der Waals surface area (Å²) in [7, 11) is 0. The van der Waals surface area contributed by atoms with Gasteiger partial charge in [-0.05, 0) is 34.1 Å². The molecule has 0 aliphatic heterocycles. The van der Waals surface area contributed by atoms with Crippen LogP contribution < -0.4 is 5.32 Å². The third-order valence-corrected chi connectivity index (χ3v) is 4.51. The van der Waals surface area contributed by atoms with E-state index >= 15 is 0 Å². The molecule has 1 aromatic heterocycles. The number of halogens is 2. The van der Waals surface area contributed by atoms with Crippen molar-refractivity contribution in [2.75, 3.05) is 11.1 Å². The molecular weight excluding hydrogens is 357 g/mol. The highest BCUT2D eigenvalue weighted by Crippen LogP contribution is 2.30. The Hall–Kier alpha value is -1.19. The molecule has 2 N–H and O–H groups in total. The molecule has 0 aliphatic carbocycles. The highest BCUT2D eigenvalue weighted by Gasteiger charge is 2.09. The number of rotatable bonds is 5. The lowest BCUT2D eigenvalue weighted by Gasteiger charge is -2.04. The Bertz CT molecular complexity index is 608. The molecule has 0 saturated heterocycles.